The first-order valence-corrected chi connectivity index (χ1v) is 6.99. The Morgan fingerprint density at radius 3 is 2.79 bits per heavy atom. The summed E-state index contributed by atoms with van der Waals surface area (Å²) in [6, 6.07) is 6.37. The van der Waals surface area contributed by atoms with Gasteiger partial charge in [-0.2, -0.15) is 0 Å². The van der Waals surface area contributed by atoms with Crippen molar-refractivity contribution in [2.75, 3.05) is 40.3 Å². The normalized spacial score (nSPS) is 18.3. The van der Waals surface area contributed by atoms with Crippen molar-refractivity contribution in [2.45, 2.75) is 19.5 Å². The zero-order valence-electron chi connectivity index (χ0n) is 12.1. The Bertz CT molecular complexity index is 408. The van der Waals surface area contributed by atoms with Crippen LogP contribution in [0.4, 0.5) is 0 Å². The molecule has 1 aromatic carbocycles. The van der Waals surface area contributed by atoms with Gasteiger partial charge in [-0.15, -0.1) is 0 Å². The van der Waals surface area contributed by atoms with Crippen LogP contribution in [0.3, 0.4) is 0 Å². The van der Waals surface area contributed by atoms with Gasteiger partial charge in [0.25, 0.3) is 0 Å². The molecule has 106 valence electrons. The Labute approximate surface area is 116 Å². The molecule has 0 spiro atoms. The first kappa shape index (κ1) is 14.3. The second kappa shape index (κ2) is 6.89. The maximum absolute atomic E-state index is 5.70. The molecule has 19 heavy (non-hydrogen) atoms. The van der Waals surface area contributed by atoms with Crippen molar-refractivity contribution in [2.24, 2.45) is 5.73 Å². The molecule has 4 nitrogen and oxygen atoms in total. The highest BCUT2D eigenvalue weighted by Crippen LogP contribution is 2.21. The predicted octanol–water partition coefficient (Wildman–Crippen LogP) is 1.29. The molecule has 0 radical (unpaired) electrons. The number of hydrogen-bond donors (Lipinski definition) is 1. The Balaban J connectivity index is 2.02. The second-order valence-corrected chi connectivity index (χ2v) is 5.28. The highest BCUT2D eigenvalue weighted by molar-refractivity contribution is 5.37. The molecule has 1 aliphatic rings. The van der Waals surface area contributed by atoms with Gasteiger partial charge in [-0.05, 0) is 38.2 Å². The van der Waals surface area contributed by atoms with E-state index in [-0.39, 0.29) is 0 Å². The second-order valence-electron chi connectivity index (χ2n) is 5.28. The van der Waals surface area contributed by atoms with Gasteiger partial charge in [0.2, 0.25) is 0 Å². The molecule has 0 saturated carbocycles. The van der Waals surface area contributed by atoms with Crippen molar-refractivity contribution in [3.8, 4) is 5.75 Å². The number of nitrogens with zero attached hydrogens (tertiary/aromatic N) is 2. The maximum atomic E-state index is 5.70. The maximum Gasteiger partial charge on any atom is 0.123 e. The predicted molar refractivity (Wildman–Crippen MR) is 78.3 cm³/mol. The summed E-state index contributed by atoms with van der Waals surface area (Å²) < 4.78 is 5.40. The minimum atomic E-state index is 0.526. The fraction of sp³-hybridized carbons (Fsp3) is 0.600. The van der Waals surface area contributed by atoms with Gasteiger partial charge >= 0.3 is 0 Å². The van der Waals surface area contributed by atoms with E-state index in [9.17, 15) is 0 Å². The van der Waals surface area contributed by atoms with Gasteiger partial charge in [0.05, 0.1) is 7.11 Å². The summed E-state index contributed by atoms with van der Waals surface area (Å²) in [6.07, 6.45) is 1.24. The van der Waals surface area contributed by atoms with Gasteiger partial charge in [-0.25, -0.2) is 0 Å². The standard InChI is InChI=1S/C15H25N3O/c1-17-6-3-7-18(9-8-17)12-13-4-5-14(11-16)15(10-13)19-2/h4-5,10H,3,6-9,11-12,16H2,1-2H3. The van der Waals surface area contributed by atoms with Gasteiger partial charge in [-0.1, -0.05) is 12.1 Å². The van der Waals surface area contributed by atoms with E-state index in [0.717, 1.165) is 30.9 Å². The molecule has 2 rings (SSSR count). The smallest absolute Gasteiger partial charge is 0.123 e. The lowest BCUT2D eigenvalue weighted by Crippen LogP contribution is -2.28. The molecular weight excluding hydrogens is 238 g/mol. The highest BCUT2D eigenvalue weighted by atomic mass is 16.5. The van der Waals surface area contributed by atoms with E-state index in [4.69, 9.17) is 10.5 Å². The van der Waals surface area contributed by atoms with Gasteiger partial charge in [0, 0.05) is 31.7 Å². The van der Waals surface area contributed by atoms with Crippen molar-refractivity contribution >= 4 is 0 Å². The number of ether oxygens (including phenoxy) is 1. The molecule has 0 unspecified atom stereocenters. The van der Waals surface area contributed by atoms with Crippen LogP contribution >= 0.6 is 0 Å². The largest absolute Gasteiger partial charge is 0.496 e. The minimum Gasteiger partial charge on any atom is -0.496 e. The first-order chi connectivity index (χ1) is 9.22. The molecule has 1 aliphatic heterocycles. The highest BCUT2D eigenvalue weighted by Gasteiger charge is 2.13. The van der Waals surface area contributed by atoms with Gasteiger partial charge < -0.3 is 15.4 Å². The first-order valence-electron chi connectivity index (χ1n) is 6.99. The fourth-order valence-corrected chi connectivity index (χ4v) is 2.57. The van der Waals surface area contributed by atoms with E-state index in [1.807, 2.05) is 0 Å². The number of nitrogens with two attached hydrogens (primary N) is 1. The van der Waals surface area contributed by atoms with Crippen LogP contribution in [0.5, 0.6) is 5.75 Å². The summed E-state index contributed by atoms with van der Waals surface area (Å²) in [5.41, 5.74) is 8.08. The Morgan fingerprint density at radius 1 is 1.21 bits per heavy atom. The molecule has 1 saturated heterocycles. The lowest BCUT2D eigenvalue weighted by atomic mass is 10.1. The summed E-state index contributed by atoms with van der Waals surface area (Å²) >= 11 is 0. The molecule has 0 atom stereocenters. The molecule has 1 heterocycles. The number of hydrogen-bond acceptors (Lipinski definition) is 4. The zero-order chi connectivity index (χ0) is 13.7. The third-order valence-electron chi connectivity index (χ3n) is 3.79. The molecule has 1 fully saturated rings. The van der Waals surface area contributed by atoms with Crippen LogP contribution in [0.15, 0.2) is 18.2 Å². The van der Waals surface area contributed by atoms with Crippen molar-refractivity contribution in [1.82, 2.24) is 9.80 Å². The third kappa shape index (κ3) is 3.93. The minimum absolute atomic E-state index is 0.526. The summed E-state index contributed by atoms with van der Waals surface area (Å²) in [7, 11) is 3.90. The van der Waals surface area contributed by atoms with Crippen LogP contribution in [-0.4, -0.2) is 50.1 Å². The number of likely N-dealkylation sites (N-methyl/N-ethyl adjacent to an activating group) is 1. The van der Waals surface area contributed by atoms with Crippen molar-refractivity contribution < 1.29 is 4.74 Å². The van der Waals surface area contributed by atoms with E-state index in [0.29, 0.717) is 6.54 Å². The van der Waals surface area contributed by atoms with Gasteiger partial charge in [0.1, 0.15) is 5.75 Å². The lowest BCUT2D eigenvalue weighted by molar-refractivity contribution is 0.269. The number of methoxy groups -OCH3 is 1. The number of benzene rings is 1. The average molecular weight is 263 g/mol. The van der Waals surface area contributed by atoms with E-state index in [1.165, 1.54) is 25.1 Å². The van der Waals surface area contributed by atoms with Crippen LogP contribution in [-0.2, 0) is 13.1 Å². The van der Waals surface area contributed by atoms with Gasteiger partial charge in [-0.3, -0.25) is 4.90 Å². The van der Waals surface area contributed by atoms with Crippen molar-refractivity contribution in [1.29, 1.82) is 0 Å². The van der Waals surface area contributed by atoms with Crippen LogP contribution in [0.1, 0.15) is 17.5 Å². The Kier molecular flexibility index (Phi) is 5.19. The topological polar surface area (TPSA) is 41.7 Å². The summed E-state index contributed by atoms with van der Waals surface area (Å²) in [6.45, 7) is 6.18. The molecule has 0 aromatic heterocycles. The van der Waals surface area contributed by atoms with Crippen molar-refractivity contribution in [3.05, 3.63) is 29.3 Å². The van der Waals surface area contributed by atoms with Crippen molar-refractivity contribution in [3.63, 3.8) is 0 Å². The van der Waals surface area contributed by atoms with Gasteiger partial charge in [0.15, 0.2) is 0 Å². The molecule has 0 bridgehead atoms. The van der Waals surface area contributed by atoms with Crippen LogP contribution in [0.2, 0.25) is 0 Å². The SMILES string of the molecule is COc1cc(CN2CCCN(C)CC2)ccc1CN. The Morgan fingerprint density at radius 2 is 2.05 bits per heavy atom. The average Bonchev–Trinajstić information content (AvgIpc) is 2.63. The third-order valence-corrected chi connectivity index (χ3v) is 3.79. The van der Waals surface area contributed by atoms with E-state index in [2.05, 4.69) is 35.0 Å². The molecule has 0 amide bonds. The van der Waals surface area contributed by atoms with Crippen LogP contribution in [0, 0.1) is 0 Å². The van der Waals surface area contributed by atoms with E-state index >= 15 is 0 Å². The molecule has 1 aromatic rings. The molecular formula is C15H25N3O. The van der Waals surface area contributed by atoms with E-state index < -0.39 is 0 Å². The molecule has 0 aliphatic carbocycles. The zero-order valence-corrected chi connectivity index (χ0v) is 12.1. The quantitative estimate of drug-likeness (QED) is 0.889. The number of rotatable bonds is 4. The van der Waals surface area contributed by atoms with E-state index in [1.54, 1.807) is 7.11 Å². The van der Waals surface area contributed by atoms with Crippen LogP contribution in [0.25, 0.3) is 0 Å². The molecule has 2 N–H and O–H groups in total. The lowest BCUT2D eigenvalue weighted by Gasteiger charge is -2.20. The summed E-state index contributed by atoms with van der Waals surface area (Å²) in [4.78, 5) is 4.92. The van der Waals surface area contributed by atoms with Crippen LogP contribution < -0.4 is 10.5 Å². The Hall–Kier alpha value is -1.10. The fourth-order valence-electron chi connectivity index (χ4n) is 2.57. The molecule has 4 heteroatoms. The summed E-state index contributed by atoms with van der Waals surface area (Å²) in [5.74, 6) is 0.909. The monoisotopic (exact) mass is 263 g/mol. The summed E-state index contributed by atoms with van der Waals surface area (Å²) in [5, 5.41) is 0.